The lowest BCUT2D eigenvalue weighted by atomic mass is 10.1. The van der Waals surface area contributed by atoms with Gasteiger partial charge >= 0.3 is 11.9 Å². The van der Waals surface area contributed by atoms with Gasteiger partial charge in [-0.1, -0.05) is 12.1 Å². The number of ether oxygens (including phenoxy) is 3. The van der Waals surface area contributed by atoms with Crippen molar-refractivity contribution in [2.45, 2.75) is 33.8 Å². The number of hydrogen-bond donors (Lipinski definition) is 1. The van der Waals surface area contributed by atoms with Crippen LogP contribution in [0.5, 0.6) is 5.75 Å². The summed E-state index contributed by atoms with van der Waals surface area (Å²) in [6.45, 7) is 7.00. The van der Waals surface area contributed by atoms with E-state index in [1.807, 2.05) is 6.92 Å². The fourth-order valence-corrected chi connectivity index (χ4v) is 2.80. The smallest absolute Gasteiger partial charge is 0.342 e. The maximum Gasteiger partial charge on any atom is 0.342 e. The van der Waals surface area contributed by atoms with Crippen LogP contribution in [0.4, 0.5) is 0 Å². The van der Waals surface area contributed by atoms with Gasteiger partial charge in [-0.3, -0.25) is 4.79 Å². The first-order valence-corrected chi connectivity index (χ1v) is 8.56. The molecule has 0 spiro atoms. The number of aromatic amines is 1. The third kappa shape index (κ3) is 4.19. The van der Waals surface area contributed by atoms with Crippen molar-refractivity contribution in [1.82, 2.24) is 4.98 Å². The molecule has 0 saturated carbocycles. The molecular weight excluding hydrogens is 350 g/mol. The van der Waals surface area contributed by atoms with Gasteiger partial charge in [-0.25, -0.2) is 9.59 Å². The maximum atomic E-state index is 12.7. The average molecular weight is 373 g/mol. The molecule has 1 heterocycles. The Labute approximate surface area is 157 Å². The highest BCUT2D eigenvalue weighted by Gasteiger charge is 2.28. The van der Waals surface area contributed by atoms with Gasteiger partial charge in [0.2, 0.25) is 5.78 Å². The molecule has 1 atom stereocenters. The number of carbonyl (C=O) groups is 3. The van der Waals surface area contributed by atoms with Crippen molar-refractivity contribution < 1.29 is 28.6 Å². The molecule has 7 heteroatoms. The highest BCUT2D eigenvalue weighted by atomic mass is 16.5. The summed E-state index contributed by atoms with van der Waals surface area (Å²) in [6.07, 6.45) is -1.05. The second kappa shape index (κ2) is 8.53. The first-order valence-electron chi connectivity index (χ1n) is 8.56. The van der Waals surface area contributed by atoms with Crippen LogP contribution in [0.25, 0.3) is 0 Å². The second-order valence-electron chi connectivity index (χ2n) is 5.96. The van der Waals surface area contributed by atoms with Gasteiger partial charge in [0.05, 0.1) is 25.0 Å². The fourth-order valence-electron chi connectivity index (χ4n) is 2.80. The van der Waals surface area contributed by atoms with Crippen molar-refractivity contribution in [3.63, 3.8) is 0 Å². The number of esters is 2. The standard InChI is InChI=1S/C20H23NO6/c1-6-26-15-10-8-7-9-14(15)19(23)27-13(4)18(22)17-11(2)16(12(3)21-17)20(24)25-5/h7-10,13,21H,6H2,1-5H3. The molecule has 2 aromatic rings. The topological polar surface area (TPSA) is 94.7 Å². The number of rotatable bonds is 7. The molecule has 1 aromatic heterocycles. The van der Waals surface area contributed by atoms with E-state index in [-0.39, 0.29) is 11.3 Å². The number of hydrogen-bond acceptors (Lipinski definition) is 6. The number of para-hydroxylation sites is 1. The Balaban J connectivity index is 2.22. The Morgan fingerprint density at radius 2 is 1.78 bits per heavy atom. The number of Topliss-reactive ketones (excluding diaryl/α,β-unsaturated/α-hetero) is 1. The minimum atomic E-state index is -1.05. The van der Waals surface area contributed by atoms with E-state index in [1.54, 1.807) is 38.1 Å². The Kier molecular flexibility index (Phi) is 6.39. The summed E-state index contributed by atoms with van der Waals surface area (Å²) < 4.78 is 15.5. The van der Waals surface area contributed by atoms with E-state index in [0.29, 0.717) is 29.2 Å². The fraction of sp³-hybridized carbons (Fsp3) is 0.350. The summed E-state index contributed by atoms with van der Waals surface area (Å²) >= 11 is 0. The van der Waals surface area contributed by atoms with Crippen LogP contribution in [0.15, 0.2) is 24.3 Å². The van der Waals surface area contributed by atoms with Crippen LogP contribution in [0.2, 0.25) is 0 Å². The van der Waals surface area contributed by atoms with Crippen LogP contribution < -0.4 is 4.74 Å². The summed E-state index contributed by atoms with van der Waals surface area (Å²) in [7, 11) is 1.27. The van der Waals surface area contributed by atoms with E-state index in [1.165, 1.54) is 14.0 Å². The number of ketones is 1. The number of H-pyrrole nitrogens is 1. The highest BCUT2D eigenvalue weighted by Crippen LogP contribution is 2.23. The third-order valence-electron chi connectivity index (χ3n) is 4.13. The van der Waals surface area contributed by atoms with E-state index in [2.05, 4.69) is 4.98 Å². The molecule has 7 nitrogen and oxygen atoms in total. The number of nitrogens with one attached hydrogen (secondary N) is 1. The Morgan fingerprint density at radius 3 is 2.41 bits per heavy atom. The van der Waals surface area contributed by atoms with Gasteiger partial charge in [0.1, 0.15) is 11.3 Å². The zero-order valence-corrected chi connectivity index (χ0v) is 16.0. The van der Waals surface area contributed by atoms with Crippen molar-refractivity contribution in [1.29, 1.82) is 0 Å². The molecule has 144 valence electrons. The quantitative estimate of drug-likeness (QED) is 0.591. The molecule has 0 saturated heterocycles. The number of carbonyl (C=O) groups excluding carboxylic acids is 3. The Hall–Kier alpha value is -3.09. The van der Waals surface area contributed by atoms with Crippen LogP contribution in [-0.4, -0.2) is 42.5 Å². The number of aryl methyl sites for hydroxylation is 1. The van der Waals surface area contributed by atoms with E-state index in [4.69, 9.17) is 14.2 Å². The largest absolute Gasteiger partial charge is 0.493 e. The van der Waals surface area contributed by atoms with Crippen molar-refractivity contribution >= 4 is 17.7 Å². The third-order valence-corrected chi connectivity index (χ3v) is 4.13. The average Bonchev–Trinajstić information content (AvgIpc) is 2.95. The van der Waals surface area contributed by atoms with Gasteiger partial charge in [-0.05, 0) is 45.4 Å². The Bertz CT molecular complexity index is 867. The molecule has 1 N–H and O–H groups in total. The normalized spacial score (nSPS) is 11.6. The zero-order valence-electron chi connectivity index (χ0n) is 16.0. The van der Waals surface area contributed by atoms with Crippen LogP contribution in [0.3, 0.4) is 0 Å². The molecule has 1 unspecified atom stereocenters. The molecule has 0 fully saturated rings. The van der Waals surface area contributed by atoms with Crippen molar-refractivity contribution in [3.05, 3.63) is 52.3 Å². The van der Waals surface area contributed by atoms with Crippen molar-refractivity contribution in [3.8, 4) is 5.75 Å². The first kappa shape index (κ1) is 20.2. The van der Waals surface area contributed by atoms with Gasteiger partial charge in [0.15, 0.2) is 6.10 Å². The van der Waals surface area contributed by atoms with Crippen molar-refractivity contribution in [2.24, 2.45) is 0 Å². The van der Waals surface area contributed by atoms with Crippen molar-refractivity contribution in [2.75, 3.05) is 13.7 Å². The van der Waals surface area contributed by atoms with Crippen LogP contribution in [-0.2, 0) is 9.47 Å². The molecule has 0 bridgehead atoms. The van der Waals surface area contributed by atoms with Crippen LogP contribution in [0, 0.1) is 13.8 Å². The molecule has 27 heavy (non-hydrogen) atoms. The summed E-state index contributed by atoms with van der Waals surface area (Å²) in [5, 5.41) is 0. The molecule has 2 rings (SSSR count). The lowest BCUT2D eigenvalue weighted by molar-refractivity contribution is 0.0313. The summed E-state index contributed by atoms with van der Waals surface area (Å²) in [4.78, 5) is 39.9. The zero-order chi connectivity index (χ0) is 20.1. The van der Waals surface area contributed by atoms with E-state index < -0.39 is 23.8 Å². The van der Waals surface area contributed by atoms with Crippen LogP contribution in [0.1, 0.15) is 56.3 Å². The van der Waals surface area contributed by atoms with Crippen LogP contribution >= 0.6 is 0 Å². The number of benzene rings is 1. The molecule has 0 amide bonds. The Morgan fingerprint density at radius 1 is 1.11 bits per heavy atom. The molecule has 0 aliphatic rings. The van der Waals surface area contributed by atoms with Gasteiger partial charge in [0, 0.05) is 5.69 Å². The lowest BCUT2D eigenvalue weighted by Crippen LogP contribution is -2.25. The lowest BCUT2D eigenvalue weighted by Gasteiger charge is -2.14. The highest BCUT2D eigenvalue weighted by molar-refractivity contribution is 6.04. The number of methoxy groups -OCH3 is 1. The van der Waals surface area contributed by atoms with Gasteiger partial charge in [-0.15, -0.1) is 0 Å². The SMILES string of the molecule is CCOc1ccccc1C(=O)OC(C)C(=O)c1[nH]c(C)c(C(=O)OC)c1C. The van der Waals surface area contributed by atoms with E-state index >= 15 is 0 Å². The molecule has 0 aliphatic carbocycles. The predicted octanol–water partition coefficient (Wildman–Crippen LogP) is 3.25. The molecule has 1 aromatic carbocycles. The minimum Gasteiger partial charge on any atom is -0.493 e. The molecule has 0 aliphatic heterocycles. The predicted molar refractivity (Wildman–Crippen MR) is 98.4 cm³/mol. The first-order chi connectivity index (χ1) is 12.8. The summed E-state index contributed by atoms with van der Waals surface area (Å²) in [6, 6.07) is 6.67. The maximum absolute atomic E-state index is 12.7. The summed E-state index contributed by atoms with van der Waals surface area (Å²) in [5.74, 6) is -1.23. The summed E-state index contributed by atoms with van der Waals surface area (Å²) in [5.41, 5.74) is 1.74. The molecular formula is C20H23NO6. The van der Waals surface area contributed by atoms with E-state index in [9.17, 15) is 14.4 Å². The van der Waals surface area contributed by atoms with Gasteiger partial charge in [0.25, 0.3) is 0 Å². The van der Waals surface area contributed by atoms with Gasteiger partial charge in [-0.2, -0.15) is 0 Å². The van der Waals surface area contributed by atoms with Gasteiger partial charge < -0.3 is 19.2 Å². The minimum absolute atomic E-state index is 0.214. The van der Waals surface area contributed by atoms with E-state index in [0.717, 1.165) is 0 Å². The second-order valence-corrected chi connectivity index (χ2v) is 5.96. The monoisotopic (exact) mass is 373 g/mol. The number of aromatic nitrogens is 1. The molecule has 0 radical (unpaired) electrons.